The molecule has 1 saturated heterocycles. The van der Waals surface area contributed by atoms with Gasteiger partial charge in [-0.2, -0.15) is 13.2 Å². The molecule has 2 amide bonds. The van der Waals surface area contributed by atoms with Gasteiger partial charge in [0.15, 0.2) is 0 Å². The summed E-state index contributed by atoms with van der Waals surface area (Å²) < 4.78 is 40.3. The van der Waals surface area contributed by atoms with Crippen LogP contribution < -0.4 is 5.32 Å². The first-order valence-corrected chi connectivity index (χ1v) is 8.60. The lowest BCUT2D eigenvalue weighted by Crippen LogP contribution is -2.55. The lowest BCUT2D eigenvalue weighted by molar-refractivity contribution is -0.165. The third-order valence-electron chi connectivity index (χ3n) is 5.10. The SMILES string of the molecule is O=C(N[C@H](C1CCCC1)C(F)(F)F)N1CCCC[C@H]1c1ncc[nH]1. The van der Waals surface area contributed by atoms with Crippen molar-refractivity contribution in [3.05, 3.63) is 18.2 Å². The number of amides is 2. The fourth-order valence-corrected chi connectivity index (χ4v) is 3.89. The summed E-state index contributed by atoms with van der Waals surface area (Å²) in [6.45, 7) is 0.451. The molecule has 0 bridgehead atoms. The minimum atomic E-state index is -4.42. The Hall–Kier alpha value is -1.73. The number of aromatic nitrogens is 2. The van der Waals surface area contributed by atoms with E-state index in [1.54, 1.807) is 12.4 Å². The van der Waals surface area contributed by atoms with Gasteiger partial charge in [-0.25, -0.2) is 9.78 Å². The Labute approximate surface area is 139 Å². The van der Waals surface area contributed by atoms with Crippen molar-refractivity contribution in [1.29, 1.82) is 0 Å². The molecule has 24 heavy (non-hydrogen) atoms. The van der Waals surface area contributed by atoms with Crippen LogP contribution >= 0.6 is 0 Å². The summed E-state index contributed by atoms with van der Waals surface area (Å²) in [4.78, 5) is 21.2. The molecule has 5 nitrogen and oxygen atoms in total. The molecule has 134 valence electrons. The second kappa shape index (κ2) is 7.03. The first-order chi connectivity index (χ1) is 11.5. The van der Waals surface area contributed by atoms with Crippen LogP contribution in [0, 0.1) is 5.92 Å². The molecular weight excluding hydrogens is 321 g/mol. The smallest absolute Gasteiger partial charge is 0.347 e. The van der Waals surface area contributed by atoms with Crippen molar-refractivity contribution in [2.45, 2.75) is 63.2 Å². The van der Waals surface area contributed by atoms with Crippen LogP contribution in [-0.2, 0) is 0 Å². The Morgan fingerprint density at radius 1 is 1.25 bits per heavy atom. The van der Waals surface area contributed by atoms with Gasteiger partial charge in [-0.1, -0.05) is 12.8 Å². The zero-order chi connectivity index (χ0) is 17.2. The lowest BCUT2D eigenvalue weighted by Gasteiger charge is -2.37. The third-order valence-corrected chi connectivity index (χ3v) is 5.10. The number of carbonyl (C=O) groups is 1. The maximum Gasteiger partial charge on any atom is 0.408 e. The van der Waals surface area contributed by atoms with Crippen LogP contribution in [0.1, 0.15) is 56.8 Å². The van der Waals surface area contributed by atoms with E-state index in [0.29, 0.717) is 31.6 Å². The van der Waals surface area contributed by atoms with E-state index in [4.69, 9.17) is 0 Å². The number of alkyl halides is 3. The Kier molecular flexibility index (Phi) is 5.01. The first kappa shape index (κ1) is 17.1. The summed E-state index contributed by atoms with van der Waals surface area (Å²) in [5, 5.41) is 2.28. The summed E-state index contributed by atoms with van der Waals surface area (Å²) in [6, 6.07) is -2.68. The highest BCUT2D eigenvalue weighted by Crippen LogP contribution is 2.36. The van der Waals surface area contributed by atoms with Gasteiger partial charge in [-0.15, -0.1) is 0 Å². The highest BCUT2D eigenvalue weighted by atomic mass is 19.4. The standard InChI is InChI=1S/C16H23F3N4O/c17-16(18,19)13(11-5-1-2-6-11)22-15(24)23-10-4-3-7-12(23)14-20-8-9-21-14/h8-9,11-13H,1-7,10H2,(H,20,21)(H,22,24)/t12-,13+/m0/s1. The fourth-order valence-electron chi connectivity index (χ4n) is 3.89. The highest BCUT2D eigenvalue weighted by Gasteiger charge is 2.47. The zero-order valence-corrected chi connectivity index (χ0v) is 13.5. The maximum absolute atomic E-state index is 13.4. The molecule has 2 atom stereocenters. The quantitative estimate of drug-likeness (QED) is 0.877. The van der Waals surface area contributed by atoms with Gasteiger partial charge < -0.3 is 15.2 Å². The highest BCUT2D eigenvalue weighted by molar-refractivity contribution is 5.75. The minimum absolute atomic E-state index is 0.286. The van der Waals surface area contributed by atoms with E-state index < -0.39 is 24.2 Å². The number of hydrogen-bond acceptors (Lipinski definition) is 2. The molecule has 2 N–H and O–H groups in total. The summed E-state index contributed by atoms with van der Waals surface area (Å²) in [5.41, 5.74) is 0. The van der Waals surface area contributed by atoms with Gasteiger partial charge >= 0.3 is 12.2 Å². The molecule has 1 aliphatic heterocycles. The molecule has 1 aliphatic carbocycles. The summed E-state index contributed by atoms with van der Waals surface area (Å²) in [7, 11) is 0. The summed E-state index contributed by atoms with van der Waals surface area (Å²) >= 11 is 0. The molecular formula is C16H23F3N4O. The third kappa shape index (κ3) is 3.67. The van der Waals surface area contributed by atoms with Crippen molar-refractivity contribution < 1.29 is 18.0 Å². The number of hydrogen-bond donors (Lipinski definition) is 2. The van der Waals surface area contributed by atoms with Crippen molar-refractivity contribution in [1.82, 2.24) is 20.2 Å². The van der Waals surface area contributed by atoms with Crippen molar-refractivity contribution in [3.8, 4) is 0 Å². The molecule has 2 aliphatic rings. The van der Waals surface area contributed by atoms with Crippen LogP contribution in [0.15, 0.2) is 12.4 Å². The molecule has 2 heterocycles. The van der Waals surface area contributed by atoms with Crippen molar-refractivity contribution in [3.63, 3.8) is 0 Å². The minimum Gasteiger partial charge on any atom is -0.347 e. The van der Waals surface area contributed by atoms with Crippen molar-refractivity contribution in [2.75, 3.05) is 6.54 Å². The molecule has 3 rings (SSSR count). The van der Waals surface area contributed by atoms with Crippen LogP contribution in [0.25, 0.3) is 0 Å². The number of halogens is 3. The van der Waals surface area contributed by atoms with Gasteiger partial charge in [0.1, 0.15) is 11.9 Å². The number of likely N-dealkylation sites (tertiary alicyclic amines) is 1. The number of carbonyl (C=O) groups excluding carboxylic acids is 1. The molecule has 2 fully saturated rings. The second-order valence-corrected chi connectivity index (χ2v) is 6.69. The second-order valence-electron chi connectivity index (χ2n) is 6.69. The van der Waals surface area contributed by atoms with Crippen LogP contribution in [0.2, 0.25) is 0 Å². The van der Waals surface area contributed by atoms with Gasteiger partial charge in [0.25, 0.3) is 0 Å². The molecule has 1 aromatic heterocycles. The first-order valence-electron chi connectivity index (χ1n) is 8.60. The van der Waals surface area contributed by atoms with Crippen LogP contribution in [-0.4, -0.2) is 39.7 Å². The van der Waals surface area contributed by atoms with E-state index in [-0.39, 0.29) is 6.04 Å². The molecule has 0 spiro atoms. The summed E-state index contributed by atoms with van der Waals surface area (Å²) in [5.74, 6) is 0.120. The van der Waals surface area contributed by atoms with E-state index >= 15 is 0 Å². The molecule has 1 saturated carbocycles. The molecule has 1 aromatic rings. The van der Waals surface area contributed by atoms with Gasteiger partial charge in [-0.3, -0.25) is 0 Å². The molecule has 0 radical (unpaired) electrons. The lowest BCUT2D eigenvalue weighted by atomic mass is 9.97. The number of nitrogens with one attached hydrogen (secondary N) is 2. The van der Waals surface area contributed by atoms with Gasteiger partial charge in [0.2, 0.25) is 0 Å². The average molecular weight is 344 g/mol. The molecule has 0 aromatic carbocycles. The summed E-state index contributed by atoms with van der Waals surface area (Å²) in [6.07, 6.45) is 3.91. The fraction of sp³-hybridized carbons (Fsp3) is 0.750. The van der Waals surface area contributed by atoms with E-state index in [2.05, 4.69) is 15.3 Å². The van der Waals surface area contributed by atoms with Crippen molar-refractivity contribution in [2.24, 2.45) is 5.92 Å². The number of H-pyrrole nitrogens is 1. The van der Waals surface area contributed by atoms with Crippen LogP contribution in [0.4, 0.5) is 18.0 Å². The van der Waals surface area contributed by atoms with Gasteiger partial charge in [0.05, 0.1) is 6.04 Å². The van der Waals surface area contributed by atoms with E-state index in [1.165, 1.54) is 4.90 Å². The largest absolute Gasteiger partial charge is 0.408 e. The number of piperidine rings is 1. The normalized spacial score (nSPS) is 24.1. The number of imidazole rings is 1. The number of aromatic amines is 1. The monoisotopic (exact) mass is 344 g/mol. The molecule has 8 heteroatoms. The topological polar surface area (TPSA) is 61.0 Å². The zero-order valence-electron chi connectivity index (χ0n) is 13.5. The Balaban J connectivity index is 1.73. The predicted octanol–water partition coefficient (Wildman–Crippen LogP) is 3.77. The van der Waals surface area contributed by atoms with Gasteiger partial charge in [0, 0.05) is 18.9 Å². The number of nitrogens with zero attached hydrogens (tertiary/aromatic N) is 2. The Bertz CT molecular complexity index is 540. The van der Waals surface area contributed by atoms with E-state index in [9.17, 15) is 18.0 Å². The maximum atomic E-state index is 13.4. The Morgan fingerprint density at radius 3 is 2.58 bits per heavy atom. The predicted molar refractivity (Wildman–Crippen MR) is 82.2 cm³/mol. The van der Waals surface area contributed by atoms with Crippen LogP contribution in [0.5, 0.6) is 0 Å². The van der Waals surface area contributed by atoms with Crippen LogP contribution in [0.3, 0.4) is 0 Å². The number of rotatable bonds is 3. The van der Waals surface area contributed by atoms with E-state index in [1.807, 2.05) is 0 Å². The number of urea groups is 1. The average Bonchev–Trinajstić information content (AvgIpc) is 3.24. The van der Waals surface area contributed by atoms with E-state index in [0.717, 1.165) is 25.7 Å². The van der Waals surface area contributed by atoms with Crippen molar-refractivity contribution >= 4 is 6.03 Å². The molecule has 0 unspecified atom stereocenters. The van der Waals surface area contributed by atoms with Gasteiger partial charge in [-0.05, 0) is 38.0 Å². The Morgan fingerprint density at radius 2 is 1.96 bits per heavy atom.